The Morgan fingerprint density at radius 3 is 2.68 bits per heavy atom. The Morgan fingerprint density at radius 2 is 2.05 bits per heavy atom. The number of piperidine rings is 1. The van der Waals surface area contributed by atoms with Crippen molar-refractivity contribution in [1.82, 2.24) is 5.32 Å². The third-order valence-electron chi connectivity index (χ3n) is 2.88. The minimum atomic E-state index is -3.82. The summed E-state index contributed by atoms with van der Waals surface area (Å²) in [6, 6.07) is 3.83. The van der Waals surface area contributed by atoms with Gasteiger partial charge in [0, 0.05) is 17.9 Å². The van der Waals surface area contributed by atoms with Crippen LogP contribution >= 0.6 is 0 Å². The minimum absolute atomic E-state index is 0.0776. The van der Waals surface area contributed by atoms with Crippen molar-refractivity contribution in [3.63, 3.8) is 0 Å². The molecule has 0 spiro atoms. The molecule has 1 unspecified atom stereocenters. The number of hydrogen-bond acceptors (Lipinski definition) is 5. The summed E-state index contributed by atoms with van der Waals surface area (Å²) in [4.78, 5) is 11.5. The summed E-state index contributed by atoms with van der Waals surface area (Å²) < 4.78 is 22.6. The molecule has 6 N–H and O–H groups in total. The number of hydrogen-bond donors (Lipinski definition) is 4. The SMILES string of the molecule is Nc1cc(NC2CCCNC2=O)cc(S(N)(=O)=O)c1. The zero-order valence-corrected chi connectivity index (χ0v) is 11.0. The number of primary sulfonamides is 1. The smallest absolute Gasteiger partial charge is 0.242 e. The summed E-state index contributed by atoms with van der Waals surface area (Å²) in [5.41, 5.74) is 6.37. The highest BCUT2D eigenvalue weighted by Gasteiger charge is 2.22. The van der Waals surface area contributed by atoms with E-state index in [9.17, 15) is 13.2 Å². The molecule has 1 aliphatic rings. The van der Waals surface area contributed by atoms with Gasteiger partial charge in [-0.25, -0.2) is 13.6 Å². The number of nitrogens with two attached hydrogens (primary N) is 2. The molecular weight excluding hydrogens is 268 g/mol. The predicted molar refractivity (Wildman–Crippen MR) is 71.9 cm³/mol. The molecule has 1 amide bonds. The van der Waals surface area contributed by atoms with Gasteiger partial charge in [0.1, 0.15) is 6.04 Å². The quantitative estimate of drug-likeness (QED) is 0.562. The number of nitrogen functional groups attached to an aromatic ring is 1. The monoisotopic (exact) mass is 284 g/mol. The van der Waals surface area contributed by atoms with Crippen LogP contribution in [-0.4, -0.2) is 26.9 Å². The van der Waals surface area contributed by atoms with E-state index in [0.717, 1.165) is 6.42 Å². The number of rotatable bonds is 3. The molecule has 8 heteroatoms. The van der Waals surface area contributed by atoms with Crippen LogP contribution < -0.4 is 21.5 Å². The van der Waals surface area contributed by atoms with Crippen molar-refractivity contribution in [2.24, 2.45) is 5.14 Å². The number of nitrogens with one attached hydrogen (secondary N) is 2. The predicted octanol–water partition coefficient (Wildman–Crippen LogP) is -0.393. The normalized spacial score (nSPS) is 19.8. The van der Waals surface area contributed by atoms with Gasteiger partial charge in [-0.3, -0.25) is 4.79 Å². The molecule has 1 fully saturated rings. The Hall–Kier alpha value is -1.80. The molecule has 2 rings (SSSR count). The van der Waals surface area contributed by atoms with E-state index in [1.54, 1.807) is 6.07 Å². The summed E-state index contributed by atoms with van der Waals surface area (Å²) in [6.07, 6.45) is 1.55. The molecule has 0 saturated carbocycles. The topological polar surface area (TPSA) is 127 Å². The molecule has 0 aliphatic carbocycles. The molecule has 19 heavy (non-hydrogen) atoms. The second-order valence-electron chi connectivity index (χ2n) is 4.47. The van der Waals surface area contributed by atoms with Crippen LogP contribution in [0.1, 0.15) is 12.8 Å². The van der Waals surface area contributed by atoms with E-state index >= 15 is 0 Å². The fraction of sp³-hybridized carbons (Fsp3) is 0.364. The van der Waals surface area contributed by atoms with Crippen molar-refractivity contribution in [3.05, 3.63) is 18.2 Å². The maximum atomic E-state index is 11.6. The van der Waals surface area contributed by atoms with Crippen LogP contribution in [0.4, 0.5) is 11.4 Å². The fourth-order valence-corrected chi connectivity index (χ4v) is 2.57. The van der Waals surface area contributed by atoms with E-state index in [-0.39, 0.29) is 22.5 Å². The third-order valence-corrected chi connectivity index (χ3v) is 3.78. The van der Waals surface area contributed by atoms with E-state index in [1.165, 1.54) is 12.1 Å². The lowest BCUT2D eigenvalue weighted by Crippen LogP contribution is -2.44. The van der Waals surface area contributed by atoms with Gasteiger partial charge >= 0.3 is 0 Å². The summed E-state index contributed by atoms with van der Waals surface area (Å²) in [7, 11) is -3.82. The fourth-order valence-electron chi connectivity index (χ4n) is 1.98. The van der Waals surface area contributed by atoms with Crippen LogP contribution in [0, 0.1) is 0 Å². The van der Waals surface area contributed by atoms with E-state index < -0.39 is 10.0 Å². The van der Waals surface area contributed by atoms with Gasteiger partial charge in [-0.2, -0.15) is 0 Å². The van der Waals surface area contributed by atoms with E-state index in [2.05, 4.69) is 10.6 Å². The first-order chi connectivity index (χ1) is 8.86. The van der Waals surface area contributed by atoms with Crippen molar-refractivity contribution in [1.29, 1.82) is 0 Å². The number of sulfonamides is 1. The highest BCUT2D eigenvalue weighted by atomic mass is 32.2. The zero-order valence-electron chi connectivity index (χ0n) is 10.2. The summed E-state index contributed by atoms with van der Waals surface area (Å²) >= 11 is 0. The highest BCUT2D eigenvalue weighted by Crippen LogP contribution is 2.21. The molecule has 7 nitrogen and oxygen atoms in total. The first-order valence-electron chi connectivity index (χ1n) is 5.84. The van der Waals surface area contributed by atoms with Gasteiger partial charge in [-0.05, 0) is 31.0 Å². The molecule has 1 atom stereocenters. The zero-order chi connectivity index (χ0) is 14.0. The minimum Gasteiger partial charge on any atom is -0.399 e. The van der Waals surface area contributed by atoms with Crippen LogP contribution in [0.15, 0.2) is 23.1 Å². The van der Waals surface area contributed by atoms with Crippen LogP contribution in [0.3, 0.4) is 0 Å². The summed E-state index contributed by atoms with van der Waals surface area (Å²) in [5, 5.41) is 10.8. The van der Waals surface area contributed by atoms with Crippen LogP contribution in [0.5, 0.6) is 0 Å². The number of amides is 1. The van der Waals surface area contributed by atoms with Crippen LogP contribution in [0.25, 0.3) is 0 Å². The second-order valence-corrected chi connectivity index (χ2v) is 6.03. The van der Waals surface area contributed by atoms with Crippen molar-refractivity contribution in [2.45, 2.75) is 23.8 Å². The summed E-state index contributed by atoms with van der Waals surface area (Å²) in [6.45, 7) is 0.663. The standard InChI is InChI=1S/C11H16N4O3S/c12-7-4-8(6-9(5-7)19(13,17)18)15-10-2-1-3-14-11(10)16/h4-6,10,15H,1-3,12H2,(H,14,16)(H2,13,17,18). The summed E-state index contributed by atoms with van der Waals surface area (Å²) in [5.74, 6) is -0.106. The van der Waals surface area contributed by atoms with Crippen molar-refractivity contribution >= 4 is 27.3 Å². The van der Waals surface area contributed by atoms with Gasteiger partial charge < -0.3 is 16.4 Å². The van der Waals surface area contributed by atoms with E-state index in [0.29, 0.717) is 18.7 Å². The Bertz CT molecular complexity index is 600. The molecular formula is C11H16N4O3S. The van der Waals surface area contributed by atoms with Gasteiger partial charge in [0.05, 0.1) is 4.90 Å². The van der Waals surface area contributed by atoms with Crippen molar-refractivity contribution in [3.8, 4) is 0 Å². The second kappa shape index (κ2) is 5.06. The lowest BCUT2D eigenvalue weighted by molar-refractivity contribution is -0.123. The van der Waals surface area contributed by atoms with Gasteiger partial charge in [-0.1, -0.05) is 0 Å². The van der Waals surface area contributed by atoms with Gasteiger partial charge in [-0.15, -0.1) is 0 Å². The molecule has 1 heterocycles. The molecule has 0 bridgehead atoms. The lowest BCUT2D eigenvalue weighted by atomic mass is 10.1. The Morgan fingerprint density at radius 1 is 1.32 bits per heavy atom. The molecule has 1 saturated heterocycles. The highest BCUT2D eigenvalue weighted by molar-refractivity contribution is 7.89. The molecule has 0 radical (unpaired) electrons. The number of anilines is 2. The van der Waals surface area contributed by atoms with Gasteiger partial charge in [0.2, 0.25) is 15.9 Å². The van der Waals surface area contributed by atoms with Crippen molar-refractivity contribution < 1.29 is 13.2 Å². The number of carbonyl (C=O) groups excluding carboxylic acids is 1. The Kier molecular flexibility index (Phi) is 3.63. The van der Waals surface area contributed by atoms with Gasteiger partial charge in [0.15, 0.2) is 0 Å². The number of carbonyl (C=O) groups is 1. The molecule has 0 aromatic heterocycles. The first kappa shape index (κ1) is 13.6. The largest absolute Gasteiger partial charge is 0.399 e. The van der Waals surface area contributed by atoms with Gasteiger partial charge in [0.25, 0.3) is 0 Å². The molecule has 1 aromatic carbocycles. The maximum absolute atomic E-state index is 11.6. The third kappa shape index (κ3) is 3.36. The molecule has 104 valence electrons. The van der Waals surface area contributed by atoms with Crippen LogP contribution in [-0.2, 0) is 14.8 Å². The Balaban J connectivity index is 2.25. The average Bonchev–Trinajstić information content (AvgIpc) is 2.30. The molecule has 1 aliphatic heterocycles. The van der Waals surface area contributed by atoms with Crippen molar-refractivity contribution in [2.75, 3.05) is 17.6 Å². The average molecular weight is 284 g/mol. The maximum Gasteiger partial charge on any atom is 0.242 e. The van der Waals surface area contributed by atoms with E-state index in [1.807, 2.05) is 0 Å². The Labute approximate surface area is 111 Å². The van der Waals surface area contributed by atoms with E-state index in [4.69, 9.17) is 10.9 Å². The number of benzene rings is 1. The lowest BCUT2D eigenvalue weighted by Gasteiger charge is -2.24. The molecule has 1 aromatic rings. The van der Waals surface area contributed by atoms with Crippen LogP contribution in [0.2, 0.25) is 0 Å². The first-order valence-corrected chi connectivity index (χ1v) is 7.38.